The Morgan fingerprint density at radius 2 is 2.00 bits per heavy atom. The lowest BCUT2D eigenvalue weighted by Gasteiger charge is -2.09. The molecule has 1 aromatic carbocycles. The van der Waals surface area contributed by atoms with E-state index in [2.05, 4.69) is 4.98 Å². The largest absolute Gasteiger partial charge is 0.476 e. The number of carbonyl (C=O) groups is 1. The number of aryl methyl sites for hydroxylation is 1. The molecule has 3 N–H and O–H groups in total. The zero-order valence-electron chi connectivity index (χ0n) is 9.95. The zero-order chi connectivity index (χ0) is 14.2. The van der Waals surface area contributed by atoms with Gasteiger partial charge in [0.15, 0.2) is 5.69 Å². The molecule has 0 radical (unpaired) electrons. The fourth-order valence-electron chi connectivity index (χ4n) is 1.66. The fourth-order valence-corrected chi connectivity index (χ4v) is 2.17. The van der Waals surface area contributed by atoms with E-state index < -0.39 is 5.97 Å². The number of aromatic nitrogens is 1. The minimum atomic E-state index is -1.23. The Kier molecular flexibility index (Phi) is 3.64. The number of hydrogen-bond donors (Lipinski definition) is 2. The molecule has 98 valence electrons. The number of carboxylic acid groups (broad SMARTS) is 1. The minimum Gasteiger partial charge on any atom is -0.476 e. The third-order valence-corrected chi connectivity index (χ3v) is 3.30. The molecule has 0 spiro atoms. The molecule has 0 amide bonds. The van der Waals surface area contributed by atoms with Crippen molar-refractivity contribution in [2.75, 3.05) is 5.73 Å². The molecule has 2 rings (SSSR count). The van der Waals surface area contributed by atoms with E-state index in [1.54, 1.807) is 12.1 Å². The van der Waals surface area contributed by atoms with Crippen molar-refractivity contribution in [3.05, 3.63) is 45.6 Å². The molecule has 0 aliphatic carbocycles. The highest BCUT2D eigenvalue weighted by Crippen LogP contribution is 2.32. The van der Waals surface area contributed by atoms with Crippen molar-refractivity contribution in [1.29, 1.82) is 0 Å². The Morgan fingerprint density at radius 1 is 1.32 bits per heavy atom. The van der Waals surface area contributed by atoms with Crippen molar-refractivity contribution in [3.8, 4) is 11.3 Å². The molecule has 0 unspecified atom stereocenters. The molecule has 0 bridgehead atoms. The topological polar surface area (TPSA) is 76.2 Å². The van der Waals surface area contributed by atoms with E-state index in [9.17, 15) is 4.79 Å². The second kappa shape index (κ2) is 5.07. The maximum absolute atomic E-state index is 11.1. The van der Waals surface area contributed by atoms with Crippen LogP contribution in [0.4, 0.5) is 5.69 Å². The van der Waals surface area contributed by atoms with Crippen LogP contribution < -0.4 is 5.73 Å². The first-order valence-corrected chi connectivity index (χ1v) is 6.11. The van der Waals surface area contributed by atoms with Crippen molar-refractivity contribution in [2.24, 2.45) is 0 Å². The molecule has 1 aromatic heterocycles. The van der Waals surface area contributed by atoms with E-state index in [0.717, 1.165) is 5.56 Å². The molecule has 0 saturated heterocycles. The van der Waals surface area contributed by atoms with E-state index in [4.69, 9.17) is 34.0 Å². The lowest BCUT2D eigenvalue weighted by Crippen LogP contribution is -2.05. The van der Waals surface area contributed by atoms with E-state index in [1.165, 1.54) is 6.07 Å². The lowest BCUT2D eigenvalue weighted by atomic mass is 10.1. The maximum Gasteiger partial charge on any atom is 0.356 e. The number of halogens is 2. The number of hydrogen-bond acceptors (Lipinski definition) is 3. The highest BCUT2D eigenvalue weighted by molar-refractivity contribution is 6.36. The Morgan fingerprint density at radius 3 is 2.58 bits per heavy atom. The summed E-state index contributed by atoms with van der Waals surface area (Å²) < 4.78 is 0. The smallest absolute Gasteiger partial charge is 0.356 e. The fraction of sp³-hybridized carbons (Fsp3) is 0.0769. The van der Waals surface area contributed by atoms with Gasteiger partial charge < -0.3 is 10.8 Å². The van der Waals surface area contributed by atoms with Crippen LogP contribution in [0.3, 0.4) is 0 Å². The summed E-state index contributed by atoms with van der Waals surface area (Å²) in [5, 5.41) is 9.45. The standard InChI is InChI=1S/C13H10Cl2N2O2/c1-6-2-3-7(8(14)4-6)10-5-9(16)11(15)12(17-10)13(18)19/h2-5H,1H3,(H2,16,17)(H,18,19). The monoisotopic (exact) mass is 296 g/mol. The van der Waals surface area contributed by atoms with Gasteiger partial charge in [0.2, 0.25) is 0 Å². The number of nitrogens with two attached hydrogens (primary N) is 1. The van der Waals surface area contributed by atoms with Crippen LogP contribution >= 0.6 is 23.2 Å². The average Bonchev–Trinajstić information content (AvgIpc) is 2.32. The minimum absolute atomic E-state index is 0.0699. The van der Waals surface area contributed by atoms with Crippen LogP contribution in [0.25, 0.3) is 11.3 Å². The molecule has 0 saturated carbocycles. The van der Waals surface area contributed by atoms with Gasteiger partial charge in [-0.2, -0.15) is 0 Å². The number of nitrogens with zero attached hydrogens (tertiary/aromatic N) is 1. The number of rotatable bonds is 2. The summed E-state index contributed by atoms with van der Waals surface area (Å²) in [6.07, 6.45) is 0. The summed E-state index contributed by atoms with van der Waals surface area (Å²) in [5.41, 5.74) is 7.55. The SMILES string of the molecule is Cc1ccc(-c2cc(N)c(Cl)c(C(=O)O)n2)c(Cl)c1. The number of anilines is 1. The van der Waals surface area contributed by atoms with Gasteiger partial charge in [-0.3, -0.25) is 0 Å². The van der Waals surface area contributed by atoms with Gasteiger partial charge in [-0.05, 0) is 24.6 Å². The van der Waals surface area contributed by atoms with E-state index in [-0.39, 0.29) is 16.4 Å². The van der Waals surface area contributed by atoms with E-state index >= 15 is 0 Å². The predicted octanol–water partition coefficient (Wildman–Crippen LogP) is 3.64. The normalized spacial score (nSPS) is 10.5. The van der Waals surface area contributed by atoms with Gasteiger partial charge in [-0.25, -0.2) is 9.78 Å². The Hall–Kier alpha value is -1.78. The zero-order valence-corrected chi connectivity index (χ0v) is 11.5. The van der Waals surface area contributed by atoms with Crippen LogP contribution in [0.15, 0.2) is 24.3 Å². The predicted molar refractivity (Wildman–Crippen MR) is 75.8 cm³/mol. The van der Waals surface area contributed by atoms with Gasteiger partial charge in [0, 0.05) is 5.56 Å². The van der Waals surface area contributed by atoms with Crippen molar-refractivity contribution in [3.63, 3.8) is 0 Å². The molecule has 4 nitrogen and oxygen atoms in total. The third-order valence-electron chi connectivity index (χ3n) is 2.59. The molecule has 19 heavy (non-hydrogen) atoms. The molecule has 0 aliphatic heterocycles. The first-order valence-electron chi connectivity index (χ1n) is 5.36. The lowest BCUT2D eigenvalue weighted by molar-refractivity contribution is 0.0691. The number of nitrogen functional groups attached to an aromatic ring is 1. The first-order chi connectivity index (χ1) is 8.90. The molecular formula is C13H10Cl2N2O2. The van der Waals surface area contributed by atoms with E-state index in [0.29, 0.717) is 16.3 Å². The molecule has 1 heterocycles. The average molecular weight is 297 g/mol. The first kappa shape index (κ1) is 13.6. The molecule has 6 heteroatoms. The number of benzene rings is 1. The highest BCUT2D eigenvalue weighted by atomic mass is 35.5. The Labute approximate surface area is 119 Å². The Balaban J connectivity index is 2.66. The molecule has 0 fully saturated rings. The Bertz CT molecular complexity index is 672. The van der Waals surface area contributed by atoms with Crippen molar-refractivity contribution >= 4 is 34.9 Å². The third kappa shape index (κ3) is 2.64. The van der Waals surface area contributed by atoms with Crippen molar-refractivity contribution in [1.82, 2.24) is 4.98 Å². The molecule has 0 atom stereocenters. The van der Waals surface area contributed by atoms with Gasteiger partial charge in [-0.1, -0.05) is 35.3 Å². The van der Waals surface area contributed by atoms with Crippen LogP contribution in [0, 0.1) is 6.92 Å². The summed E-state index contributed by atoms with van der Waals surface area (Å²) in [5.74, 6) is -1.23. The quantitative estimate of drug-likeness (QED) is 0.887. The van der Waals surface area contributed by atoms with Gasteiger partial charge in [0.05, 0.1) is 21.4 Å². The van der Waals surface area contributed by atoms with Crippen LogP contribution in [0.5, 0.6) is 0 Å². The maximum atomic E-state index is 11.1. The second-order valence-electron chi connectivity index (χ2n) is 4.05. The van der Waals surface area contributed by atoms with Gasteiger partial charge >= 0.3 is 5.97 Å². The summed E-state index contributed by atoms with van der Waals surface area (Å²) in [7, 11) is 0. The van der Waals surface area contributed by atoms with Gasteiger partial charge in [0.1, 0.15) is 0 Å². The van der Waals surface area contributed by atoms with Gasteiger partial charge in [-0.15, -0.1) is 0 Å². The second-order valence-corrected chi connectivity index (χ2v) is 4.83. The molecule has 0 aliphatic rings. The number of pyridine rings is 1. The van der Waals surface area contributed by atoms with Crippen LogP contribution in [-0.4, -0.2) is 16.1 Å². The number of aromatic carboxylic acids is 1. The van der Waals surface area contributed by atoms with Gasteiger partial charge in [0.25, 0.3) is 0 Å². The van der Waals surface area contributed by atoms with Crippen LogP contribution in [0.2, 0.25) is 10.0 Å². The highest BCUT2D eigenvalue weighted by Gasteiger charge is 2.17. The van der Waals surface area contributed by atoms with E-state index in [1.807, 2.05) is 13.0 Å². The summed E-state index contributed by atoms with van der Waals surface area (Å²) in [4.78, 5) is 15.1. The summed E-state index contributed by atoms with van der Waals surface area (Å²) in [6.45, 7) is 1.90. The molecule has 2 aromatic rings. The summed E-state index contributed by atoms with van der Waals surface area (Å²) >= 11 is 11.9. The number of carboxylic acids is 1. The van der Waals surface area contributed by atoms with Crippen LogP contribution in [-0.2, 0) is 0 Å². The molecular weight excluding hydrogens is 287 g/mol. The van der Waals surface area contributed by atoms with Crippen molar-refractivity contribution in [2.45, 2.75) is 6.92 Å². The van der Waals surface area contributed by atoms with Crippen LogP contribution in [0.1, 0.15) is 16.1 Å². The summed E-state index contributed by atoms with van der Waals surface area (Å²) in [6, 6.07) is 6.89. The van der Waals surface area contributed by atoms with Crippen molar-refractivity contribution < 1.29 is 9.90 Å².